The minimum absolute atomic E-state index is 0.428. The van der Waals surface area contributed by atoms with Crippen LogP contribution in [-0.4, -0.2) is 16.5 Å². The number of aromatic nitrogens is 2. The van der Waals surface area contributed by atoms with Gasteiger partial charge in [0, 0.05) is 17.6 Å². The second-order valence-electron chi connectivity index (χ2n) is 5.52. The Morgan fingerprint density at radius 1 is 1.33 bits per heavy atom. The molecule has 94 valence electrons. The van der Waals surface area contributed by atoms with Crippen molar-refractivity contribution in [3.63, 3.8) is 0 Å². The van der Waals surface area contributed by atoms with E-state index in [2.05, 4.69) is 22.2 Å². The maximum absolute atomic E-state index is 5.83. The molecule has 2 aromatic rings. The highest BCUT2D eigenvalue weighted by Gasteiger charge is 2.31. The first-order valence-corrected chi connectivity index (χ1v) is 6.40. The molecule has 0 unspecified atom stereocenters. The molecule has 3 rings (SSSR count). The second kappa shape index (κ2) is 4.12. The first-order valence-electron chi connectivity index (χ1n) is 6.40. The largest absolute Gasteiger partial charge is 0.399 e. The Kier molecular flexibility index (Phi) is 2.58. The lowest BCUT2D eigenvalue weighted by Gasteiger charge is -2.38. The van der Waals surface area contributed by atoms with Gasteiger partial charge in [-0.15, -0.1) is 0 Å². The van der Waals surface area contributed by atoms with E-state index in [0.29, 0.717) is 5.41 Å². The Morgan fingerprint density at radius 2 is 2.17 bits per heavy atom. The van der Waals surface area contributed by atoms with Crippen molar-refractivity contribution in [3.05, 3.63) is 24.5 Å². The van der Waals surface area contributed by atoms with Crippen LogP contribution in [-0.2, 0) is 0 Å². The fourth-order valence-electron chi connectivity index (χ4n) is 2.47. The molecule has 0 saturated heterocycles. The van der Waals surface area contributed by atoms with Crippen LogP contribution in [0.3, 0.4) is 0 Å². The summed E-state index contributed by atoms with van der Waals surface area (Å²) in [6, 6.07) is 5.73. The van der Waals surface area contributed by atoms with E-state index >= 15 is 0 Å². The fraction of sp³-hybridized carbons (Fsp3) is 0.429. The summed E-state index contributed by atoms with van der Waals surface area (Å²) >= 11 is 0. The fourth-order valence-corrected chi connectivity index (χ4v) is 2.47. The van der Waals surface area contributed by atoms with Crippen molar-refractivity contribution < 1.29 is 0 Å². The van der Waals surface area contributed by atoms with Gasteiger partial charge in [0.15, 0.2) is 0 Å². The Balaban J connectivity index is 1.88. The molecule has 4 heteroatoms. The van der Waals surface area contributed by atoms with Crippen molar-refractivity contribution in [1.29, 1.82) is 0 Å². The molecular weight excluding hydrogens is 224 g/mol. The number of rotatable bonds is 3. The second-order valence-corrected chi connectivity index (χ2v) is 5.52. The van der Waals surface area contributed by atoms with Crippen LogP contribution >= 0.6 is 0 Å². The van der Waals surface area contributed by atoms with Crippen molar-refractivity contribution in [3.8, 4) is 0 Å². The summed E-state index contributed by atoms with van der Waals surface area (Å²) in [6.45, 7) is 3.29. The zero-order valence-electron chi connectivity index (χ0n) is 10.6. The molecule has 0 radical (unpaired) electrons. The van der Waals surface area contributed by atoms with E-state index in [1.165, 1.54) is 19.3 Å². The minimum atomic E-state index is 0.428. The third-order valence-corrected chi connectivity index (χ3v) is 3.90. The molecule has 0 aliphatic heterocycles. The Hall–Kier alpha value is -1.84. The number of hydrogen-bond acceptors (Lipinski definition) is 4. The molecule has 0 amide bonds. The molecule has 1 aliphatic carbocycles. The van der Waals surface area contributed by atoms with Crippen LogP contribution in [0.15, 0.2) is 24.5 Å². The van der Waals surface area contributed by atoms with E-state index in [1.54, 1.807) is 6.33 Å². The Labute approximate surface area is 107 Å². The molecule has 1 aromatic carbocycles. The molecule has 1 aromatic heterocycles. The Bertz CT molecular complexity index is 575. The third kappa shape index (κ3) is 1.98. The smallest absolute Gasteiger partial charge is 0.137 e. The lowest BCUT2D eigenvalue weighted by molar-refractivity contribution is 0.180. The average Bonchev–Trinajstić information content (AvgIpc) is 2.34. The summed E-state index contributed by atoms with van der Waals surface area (Å²) in [5.41, 5.74) is 7.93. The van der Waals surface area contributed by atoms with E-state index in [9.17, 15) is 0 Å². The van der Waals surface area contributed by atoms with Gasteiger partial charge in [0.05, 0.1) is 5.52 Å². The summed E-state index contributed by atoms with van der Waals surface area (Å²) < 4.78 is 0. The zero-order valence-corrected chi connectivity index (χ0v) is 10.6. The predicted molar refractivity (Wildman–Crippen MR) is 74.4 cm³/mol. The quantitative estimate of drug-likeness (QED) is 0.812. The molecule has 0 bridgehead atoms. The third-order valence-electron chi connectivity index (χ3n) is 3.90. The van der Waals surface area contributed by atoms with Gasteiger partial charge in [-0.05, 0) is 36.5 Å². The van der Waals surface area contributed by atoms with Crippen LogP contribution in [0.1, 0.15) is 26.2 Å². The Morgan fingerprint density at radius 3 is 2.89 bits per heavy atom. The van der Waals surface area contributed by atoms with Gasteiger partial charge in [-0.2, -0.15) is 0 Å². The van der Waals surface area contributed by atoms with Crippen LogP contribution in [0.25, 0.3) is 10.9 Å². The highest BCUT2D eigenvalue weighted by molar-refractivity contribution is 5.91. The topological polar surface area (TPSA) is 63.8 Å². The number of hydrogen-bond donors (Lipinski definition) is 2. The maximum Gasteiger partial charge on any atom is 0.137 e. The average molecular weight is 242 g/mol. The summed E-state index contributed by atoms with van der Waals surface area (Å²) in [4.78, 5) is 8.59. The zero-order chi connectivity index (χ0) is 12.6. The molecular formula is C14H18N4. The predicted octanol–water partition coefficient (Wildman–Crippen LogP) is 2.81. The summed E-state index contributed by atoms with van der Waals surface area (Å²) in [6.07, 6.45) is 5.54. The van der Waals surface area contributed by atoms with Gasteiger partial charge >= 0.3 is 0 Å². The van der Waals surface area contributed by atoms with Gasteiger partial charge in [0.25, 0.3) is 0 Å². The molecule has 18 heavy (non-hydrogen) atoms. The van der Waals surface area contributed by atoms with Crippen molar-refractivity contribution in [2.45, 2.75) is 26.2 Å². The molecule has 1 fully saturated rings. The standard InChI is InChI=1S/C14H18N4/c1-14(5-2-6-14)8-16-13-11-7-10(15)3-4-12(11)17-9-18-13/h3-4,7,9H,2,5-6,8,15H2,1H3,(H,16,17,18). The van der Waals surface area contributed by atoms with Crippen LogP contribution in [0.5, 0.6) is 0 Å². The number of nitrogen functional groups attached to an aromatic ring is 1. The van der Waals surface area contributed by atoms with E-state index < -0.39 is 0 Å². The lowest BCUT2D eigenvalue weighted by Crippen LogP contribution is -2.33. The van der Waals surface area contributed by atoms with Crippen LogP contribution in [0.4, 0.5) is 11.5 Å². The van der Waals surface area contributed by atoms with E-state index in [-0.39, 0.29) is 0 Å². The van der Waals surface area contributed by atoms with Gasteiger partial charge in [0.1, 0.15) is 12.1 Å². The first kappa shape index (κ1) is 11.3. The maximum atomic E-state index is 5.83. The summed E-state index contributed by atoms with van der Waals surface area (Å²) in [7, 11) is 0. The molecule has 1 saturated carbocycles. The van der Waals surface area contributed by atoms with Crippen molar-refractivity contribution >= 4 is 22.4 Å². The minimum Gasteiger partial charge on any atom is -0.399 e. The van der Waals surface area contributed by atoms with E-state index in [0.717, 1.165) is 29.0 Å². The molecule has 1 heterocycles. The SMILES string of the molecule is CC1(CNc2ncnc3ccc(N)cc23)CCC1. The molecule has 3 N–H and O–H groups in total. The summed E-state index contributed by atoms with van der Waals surface area (Å²) in [5.74, 6) is 0.889. The van der Waals surface area contributed by atoms with Crippen LogP contribution in [0, 0.1) is 5.41 Å². The van der Waals surface area contributed by atoms with Crippen LogP contribution < -0.4 is 11.1 Å². The van der Waals surface area contributed by atoms with Gasteiger partial charge in [-0.25, -0.2) is 9.97 Å². The number of nitrogens with one attached hydrogen (secondary N) is 1. The van der Waals surface area contributed by atoms with Crippen molar-refractivity contribution in [1.82, 2.24) is 9.97 Å². The monoisotopic (exact) mass is 242 g/mol. The van der Waals surface area contributed by atoms with Gasteiger partial charge < -0.3 is 11.1 Å². The van der Waals surface area contributed by atoms with Gasteiger partial charge in [-0.1, -0.05) is 13.3 Å². The van der Waals surface area contributed by atoms with E-state index in [1.807, 2.05) is 18.2 Å². The molecule has 0 spiro atoms. The number of fused-ring (bicyclic) bond motifs is 1. The van der Waals surface area contributed by atoms with Crippen LogP contribution in [0.2, 0.25) is 0 Å². The first-order chi connectivity index (χ1) is 8.66. The molecule has 0 atom stereocenters. The highest BCUT2D eigenvalue weighted by Crippen LogP contribution is 2.40. The molecule has 1 aliphatic rings. The number of benzene rings is 1. The van der Waals surface area contributed by atoms with Gasteiger partial charge in [0.2, 0.25) is 0 Å². The van der Waals surface area contributed by atoms with Crippen molar-refractivity contribution in [2.24, 2.45) is 5.41 Å². The van der Waals surface area contributed by atoms with E-state index in [4.69, 9.17) is 5.73 Å². The van der Waals surface area contributed by atoms with Crippen molar-refractivity contribution in [2.75, 3.05) is 17.6 Å². The number of anilines is 2. The number of nitrogens with zero attached hydrogens (tertiary/aromatic N) is 2. The van der Waals surface area contributed by atoms with Gasteiger partial charge in [-0.3, -0.25) is 0 Å². The highest BCUT2D eigenvalue weighted by atomic mass is 15.0. The lowest BCUT2D eigenvalue weighted by atomic mass is 9.70. The normalized spacial score (nSPS) is 17.4. The summed E-state index contributed by atoms with van der Waals surface area (Å²) in [5, 5.41) is 4.45. The number of nitrogens with two attached hydrogens (primary N) is 1. The molecule has 4 nitrogen and oxygen atoms in total.